The zero-order valence-electron chi connectivity index (χ0n) is 12.1. The molecule has 1 saturated heterocycles. The molecule has 1 aromatic carbocycles. The first-order valence-corrected chi connectivity index (χ1v) is 7.98. The number of halogens is 2. The van der Waals surface area contributed by atoms with Gasteiger partial charge in [-0.2, -0.15) is 0 Å². The van der Waals surface area contributed by atoms with Crippen molar-refractivity contribution in [1.82, 2.24) is 10.6 Å². The Bertz CT molecular complexity index is 590. The van der Waals surface area contributed by atoms with E-state index in [1.54, 1.807) is 23.5 Å². The zero-order valence-corrected chi connectivity index (χ0v) is 13.7. The summed E-state index contributed by atoms with van der Waals surface area (Å²) in [5.41, 5.74) is 1.04. The van der Waals surface area contributed by atoms with Gasteiger partial charge < -0.3 is 15.7 Å². The molecule has 6 heteroatoms. The lowest BCUT2D eigenvalue weighted by atomic mass is 10.1. The molecule has 1 aliphatic rings. The van der Waals surface area contributed by atoms with Crippen molar-refractivity contribution in [3.05, 3.63) is 47.1 Å². The lowest BCUT2D eigenvalue weighted by molar-refractivity contribution is 0.146. The van der Waals surface area contributed by atoms with Crippen LogP contribution < -0.4 is 10.6 Å². The Balaban J connectivity index is 0.00000176. The molecule has 1 aromatic heterocycles. The molecule has 3 N–H and O–H groups in total. The van der Waals surface area contributed by atoms with E-state index in [0.717, 1.165) is 30.1 Å². The van der Waals surface area contributed by atoms with E-state index in [2.05, 4.69) is 22.8 Å². The lowest BCUT2D eigenvalue weighted by Crippen LogP contribution is -2.29. The highest BCUT2D eigenvalue weighted by Gasteiger charge is 2.24. The largest absolute Gasteiger partial charge is 0.391 e. The van der Waals surface area contributed by atoms with Gasteiger partial charge in [0.05, 0.1) is 6.10 Å². The summed E-state index contributed by atoms with van der Waals surface area (Å²) in [5, 5.41) is 16.3. The van der Waals surface area contributed by atoms with Gasteiger partial charge in [-0.25, -0.2) is 4.39 Å². The van der Waals surface area contributed by atoms with Crippen LogP contribution >= 0.6 is 23.7 Å². The minimum Gasteiger partial charge on any atom is -0.391 e. The average Bonchev–Trinajstić information content (AvgIpc) is 3.10. The Morgan fingerprint density at radius 3 is 2.64 bits per heavy atom. The summed E-state index contributed by atoms with van der Waals surface area (Å²) >= 11 is 1.71. The molecule has 2 unspecified atom stereocenters. The van der Waals surface area contributed by atoms with E-state index in [-0.39, 0.29) is 24.3 Å². The lowest BCUT2D eigenvalue weighted by Gasteiger charge is -2.13. The quantitative estimate of drug-likeness (QED) is 0.782. The molecule has 2 heterocycles. The number of aliphatic hydroxyl groups excluding tert-OH is 1. The van der Waals surface area contributed by atoms with E-state index in [1.165, 1.54) is 17.0 Å². The van der Waals surface area contributed by atoms with E-state index < -0.39 is 0 Å². The first-order chi connectivity index (χ1) is 10.2. The summed E-state index contributed by atoms with van der Waals surface area (Å²) in [6.45, 7) is 3.19. The third-order valence-electron chi connectivity index (χ3n) is 3.80. The normalized spacial score (nSPS) is 20.8. The summed E-state index contributed by atoms with van der Waals surface area (Å²) in [7, 11) is 0. The van der Waals surface area contributed by atoms with Crippen molar-refractivity contribution < 1.29 is 9.50 Å². The number of nitrogens with one attached hydrogen (secondary N) is 2. The summed E-state index contributed by atoms with van der Waals surface area (Å²) < 4.78 is 12.9. The zero-order chi connectivity index (χ0) is 14.7. The molecule has 0 spiro atoms. The number of thiophene rings is 1. The van der Waals surface area contributed by atoms with E-state index in [9.17, 15) is 9.50 Å². The van der Waals surface area contributed by atoms with Crippen LogP contribution in [0.4, 0.5) is 4.39 Å². The molecule has 1 fully saturated rings. The number of hydrogen-bond donors (Lipinski definition) is 3. The molecule has 0 radical (unpaired) electrons. The molecule has 2 atom stereocenters. The number of aliphatic hydroxyl groups is 1. The van der Waals surface area contributed by atoms with Gasteiger partial charge >= 0.3 is 0 Å². The van der Waals surface area contributed by atoms with E-state index in [4.69, 9.17) is 0 Å². The number of rotatable bonds is 5. The van der Waals surface area contributed by atoms with E-state index >= 15 is 0 Å². The Morgan fingerprint density at radius 1 is 1.18 bits per heavy atom. The van der Waals surface area contributed by atoms with Gasteiger partial charge in [-0.3, -0.25) is 0 Å². The molecule has 0 amide bonds. The van der Waals surface area contributed by atoms with Crippen molar-refractivity contribution in [3.8, 4) is 10.4 Å². The first-order valence-electron chi connectivity index (χ1n) is 7.16. The van der Waals surface area contributed by atoms with Crippen molar-refractivity contribution in [2.24, 2.45) is 5.92 Å². The molecule has 3 nitrogen and oxygen atoms in total. The van der Waals surface area contributed by atoms with Crippen LogP contribution in [0, 0.1) is 11.7 Å². The third kappa shape index (κ3) is 4.27. The number of benzene rings is 1. The van der Waals surface area contributed by atoms with Crippen LogP contribution in [-0.2, 0) is 6.54 Å². The summed E-state index contributed by atoms with van der Waals surface area (Å²) in [5.74, 6) is 0.0856. The molecule has 2 aromatic rings. The van der Waals surface area contributed by atoms with Crippen molar-refractivity contribution in [2.75, 3.05) is 19.6 Å². The van der Waals surface area contributed by atoms with E-state index in [0.29, 0.717) is 12.5 Å². The highest BCUT2D eigenvalue weighted by molar-refractivity contribution is 7.15. The molecule has 0 saturated carbocycles. The third-order valence-corrected chi connectivity index (χ3v) is 4.93. The molecule has 0 bridgehead atoms. The van der Waals surface area contributed by atoms with Crippen LogP contribution in [0.1, 0.15) is 4.88 Å². The minimum atomic E-state index is -0.240. The maximum absolute atomic E-state index is 12.9. The second-order valence-electron chi connectivity index (χ2n) is 5.39. The molecule has 120 valence electrons. The van der Waals surface area contributed by atoms with Gasteiger partial charge in [0.15, 0.2) is 0 Å². The fourth-order valence-corrected chi connectivity index (χ4v) is 3.53. The highest BCUT2D eigenvalue weighted by atomic mass is 35.5. The fourth-order valence-electron chi connectivity index (χ4n) is 2.55. The van der Waals surface area contributed by atoms with Crippen LogP contribution in [0.5, 0.6) is 0 Å². The minimum absolute atomic E-state index is 0. The van der Waals surface area contributed by atoms with Crippen LogP contribution in [0.15, 0.2) is 36.4 Å². The number of β-amino-alcohol motifs (C(OH)–C–C–N with tert-alkyl or cyclic N) is 1. The predicted octanol–water partition coefficient (Wildman–Crippen LogP) is 2.65. The summed E-state index contributed by atoms with van der Waals surface area (Å²) in [6.07, 6.45) is -0.240. The number of hydrogen-bond acceptors (Lipinski definition) is 4. The van der Waals surface area contributed by atoms with Gasteiger partial charge in [-0.1, -0.05) is 12.1 Å². The van der Waals surface area contributed by atoms with Gasteiger partial charge in [0.2, 0.25) is 0 Å². The van der Waals surface area contributed by atoms with Crippen LogP contribution in [-0.4, -0.2) is 30.8 Å². The molecule has 1 aliphatic heterocycles. The van der Waals surface area contributed by atoms with Gasteiger partial charge in [0, 0.05) is 41.9 Å². The smallest absolute Gasteiger partial charge is 0.123 e. The van der Waals surface area contributed by atoms with Crippen LogP contribution in [0.25, 0.3) is 10.4 Å². The highest BCUT2D eigenvalue weighted by Crippen LogP contribution is 2.28. The second-order valence-corrected chi connectivity index (χ2v) is 6.56. The summed E-state index contributed by atoms with van der Waals surface area (Å²) in [4.78, 5) is 2.39. The molecular weight excluding hydrogens is 323 g/mol. The molecule has 0 aliphatic carbocycles. The van der Waals surface area contributed by atoms with Crippen molar-refractivity contribution in [3.63, 3.8) is 0 Å². The van der Waals surface area contributed by atoms with Crippen LogP contribution in [0.3, 0.4) is 0 Å². The van der Waals surface area contributed by atoms with Gasteiger partial charge in [-0.15, -0.1) is 23.7 Å². The van der Waals surface area contributed by atoms with Crippen molar-refractivity contribution in [1.29, 1.82) is 0 Å². The summed E-state index contributed by atoms with van der Waals surface area (Å²) in [6, 6.07) is 10.8. The average molecular weight is 343 g/mol. The topological polar surface area (TPSA) is 44.3 Å². The maximum Gasteiger partial charge on any atom is 0.123 e. The second kappa shape index (κ2) is 8.04. The monoisotopic (exact) mass is 342 g/mol. The Labute approximate surface area is 140 Å². The Kier molecular flexibility index (Phi) is 6.35. The van der Waals surface area contributed by atoms with Gasteiger partial charge in [0.1, 0.15) is 5.82 Å². The van der Waals surface area contributed by atoms with Crippen LogP contribution in [0.2, 0.25) is 0 Å². The standard InChI is InChI=1S/C16H19FN2OS.ClH/c17-13-3-1-11(2-4-13)16-6-5-14(21-16)9-18-7-12-8-19-10-15(12)20;/h1-6,12,15,18-20H,7-10H2;1H. The Morgan fingerprint density at radius 2 is 1.95 bits per heavy atom. The Hall–Kier alpha value is -0.980. The van der Waals surface area contributed by atoms with Gasteiger partial charge in [0.25, 0.3) is 0 Å². The SMILES string of the molecule is Cl.OC1CNCC1CNCc1ccc(-c2ccc(F)cc2)s1. The molecular formula is C16H20ClFN2OS. The maximum atomic E-state index is 12.9. The van der Waals surface area contributed by atoms with E-state index in [1.807, 2.05) is 0 Å². The van der Waals surface area contributed by atoms with Gasteiger partial charge in [-0.05, 0) is 29.8 Å². The first kappa shape index (κ1) is 17.4. The van der Waals surface area contributed by atoms with Crippen molar-refractivity contribution in [2.45, 2.75) is 12.6 Å². The molecule has 22 heavy (non-hydrogen) atoms. The fraction of sp³-hybridized carbons (Fsp3) is 0.375. The molecule has 3 rings (SSSR count). The van der Waals surface area contributed by atoms with Crippen molar-refractivity contribution >= 4 is 23.7 Å². The predicted molar refractivity (Wildman–Crippen MR) is 91.0 cm³/mol.